The van der Waals surface area contributed by atoms with Crippen molar-refractivity contribution in [1.82, 2.24) is 5.32 Å². The third-order valence-electron chi connectivity index (χ3n) is 5.29. The fraction of sp³-hybridized carbons (Fsp3) is 0.269. The molecule has 3 aromatic carbocycles. The van der Waals surface area contributed by atoms with Gasteiger partial charge in [0.05, 0.1) is 25.7 Å². The normalized spacial score (nSPS) is 15.2. The summed E-state index contributed by atoms with van der Waals surface area (Å²) in [5.74, 6) is 2.04. The molecular formula is C26H26ClNO4. The van der Waals surface area contributed by atoms with Crippen molar-refractivity contribution in [1.29, 1.82) is 0 Å². The van der Waals surface area contributed by atoms with Crippen molar-refractivity contribution in [2.45, 2.75) is 39.0 Å². The van der Waals surface area contributed by atoms with E-state index in [1.807, 2.05) is 74.5 Å². The second kappa shape index (κ2) is 9.53. The van der Waals surface area contributed by atoms with Gasteiger partial charge in [-0.25, -0.2) is 0 Å². The Morgan fingerprint density at radius 1 is 1.03 bits per heavy atom. The largest absolute Gasteiger partial charge is 0.497 e. The van der Waals surface area contributed by atoms with Crippen molar-refractivity contribution in [3.8, 4) is 17.2 Å². The topological polar surface area (TPSA) is 56.8 Å². The summed E-state index contributed by atoms with van der Waals surface area (Å²) in [5.41, 5.74) is 3.90. The predicted molar refractivity (Wildman–Crippen MR) is 125 cm³/mol. The molecule has 1 heterocycles. The zero-order valence-corrected chi connectivity index (χ0v) is 19.1. The molecule has 4 rings (SSSR count). The summed E-state index contributed by atoms with van der Waals surface area (Å²) in [6.07, 6.45) is 0.267. The molecule has 0 fully saturated rings. The number of halogens is 1. The number of fused-ring (bicyclic) bond motifs is 1. The molecule has 1 amide bonds. The molecule has 1 N–H and O–H groups in total. The molecule has 0 aliphatic carbocycles. The third-order valence-corrected chi connectivity index (χ3v) is 5.54. The van der Waals surface area contributed by atoms with E-state index in [1.54, 1.807) is 7.11 Å². The number of carbonyl (C=O) groups excluding carboxylic acids is 1. The quantitative estimate of drug-likeness (QED) is 0.517. The number of rotatable bonds is 7. The van der Waals surface area contributed by atoms with E-state index < -0.39 is 0 Å². The van der Waals surface area contributed by atoms with E-state index in [2.05, 4.69) is 5.32 Å². The number of benzene rings is 3. The highest BCUT2D eigenvalue weighted by molar-refractivity contribution is 6.30. The predicted octanol–water partition coefficient (Wildman–Crippen LogP) is 5.48. The smallest absolute Gasteiger partial charge is 0.225 e. The second-order valence-corrected chi connectivity index (χ2v) is 8.47. The maximum atomic E-state index is 12.5. The van der Waals surface area contributed by atoms with Crippen molar-refractivity contribution in [2.24, 2.45) is 0 Å². The van der Waals surface area contributed by atoms with Crippen LogP contribution in [0.15, 0.2) is 60.7 Å². The molecule has 1 atom stereocenters. The molecule has 1 aliphatic heterocycles. The maximum Gasteiger partial charge on any atom is 0.225 e. The Kier molecular flexibility index (Phi) is 6.56. The summed E-state index contributed by atoms with van der Waals surface area (Å²) in [5, 5.41) is 3.74. The van der Waals surface area contributed by atoms with Crippen LogP contribution in [0, 0.1) is 0 Å². The lowest BCUT2D eigenvalue weighted by Crippen LogP contribution is -2.36. The first-order valence-electron chi connectivity index (χ1n) is 10.6. The van der Waals surface area contributed by atoms with E-state index in [4.69, 9.17) is 25.8 Å². The van der Waals surface area contributed by atoms with E-state index >= 15 is 0 Å². The summed E-state index contributed by atoms with van der Waals surface area (Å²) in [6, 6.07) is 18.9. The van der Waals surface area contributed by atoms with Crippen LogP contribution in [0.1, 0.15) is 42.1 Å². The van der Waals surface area contributed by atoms with Gasteiger partial charge in [0.1, 0.15) is 12.4 Å². The average molecular weight is 452 g/mol. The monoisotopic (exact) mass is 451 g/mol. The molecule has 0 saturated carbocycles. The first kappa shape index (κ1) is 22.0. The Hall–Kier alpha value is -3.18. The molecule has 0 radical (unpaired) electrons. The van der Waals surface area contributed by atoms with E-state index in [0.717, 1.165) is 28.0 Å². The fourth-order valence-electron chi connectivity index (χ4n) is 3.76. The lowest BCUT2D eigenvalue weighted by Gasteiger charge is -2.29. The molecule has 1 unspecified atom stereocenters. The summed E-state index contributed by atoms with van der Waals surface area (Å²) in [7, 11) is 1.64. The Bertz CT molecular complexity index is 1090. The van der Waals surface area contributed by atoms with Gasteiger partial charge in [-0.2, -0.15) is 0 Å². The van der Waals surface area contributed by atoms with Crippen LogP contribution in [0.4, 0.5) is 0 Å². The van der Waals surface area contributed by atoms with Crippen molar-refractivity contribution in [3.63, 3.8) is 0 Å². The van der Waals surface area contributed by atoms with Gasteiger partial charge in [-0.1, -0.05) is 35.9 Å². The highest BCUT2D eigenvalue weighted by Gasteiger charge is 2.28. The van der Waals surface area contributed by atoms with Crippen molar-refractivity contribution < 1.29 is 19.0 Å². The van der Waals surface area contributed by atoms with Crippen molar-refractivity contribution in [2.75, 3.05) is 7.11 Å². The van der Waals surface area contributed by atoms with Crippen LogP contribution in [0.3, 0.4) is 0 Å². The van der Waals surface area contributed by atoms with Gasteiger partial charge >= 0.3 is 0 Å². The third kappa shape index (κ3) is 5.00. The van der Waals surface area contributed by atoms with Crippen LogP contribution in [-0.2, 0) is 17.8 Å². The lowest BCUT2D eigenvalue weighted by molar-refractivity contribution is -0.121. The molecule has 5 nitrogen and oxygen atoms in total. The minimum Gasteiger partial charge on any atom is -0.497 e. The van der Waals surface area contributed by atoms with Crippen LogP contribution >= 0.6 is 11.6 Å². The van der Waals surface area contributed by atoms with E-state index in [9.17, 15) is 4.79 Å². The van der Waals surface area contributed by atoms with Gasteiger partial charge in [-0.3, -0.25) is 4.79 Å². The van der Waals surface area contributed by atoms with Crippen molar-refractivity contribution >= 4 is 17.5 Å². The van der Waals surface area contributed by atoms with Gasteiger partial charge in [-0.05, 0) is 72.5 Å². The highest BCUT2D eigenvalue weighted by atomic mass is 35.5. The van der Waals surface area contributed by atoms with E-state index in [0.29, 0.717) is 29.5 Å². The first-order valence-corrected chi connectivity index (χ1v) is 10.9. The molecule has 32 heavy (non-hydrogen) atoms. The van der Waals surface area contributed by atoms with Gasteiger partial charge in [0.2, 0.25) is 5.91 Å². The number of hydrogen-bond acceptors (Lipinski definition) is 4. The zero-order valence-electron chi connectivity index (χ0n) is 18.4. The summed E-state index contributed by atoms with van der Waals surface area (Å²) >= 11 is 6.05. The number of carbonyl (C=O) groups is 1. The van der Waals surface area contributed by atoms with Gasteiger partial charge < -0.3 is 19.5 Å². The van der Waals surface area contributed by atoms with Crippen LogP contribution in [0.25, 0.3) is 0 Å². The Labute approximate surface area is 193 Å². The molecule has 3 aromatic rings. The minimum absolute atomic E-state index is 0.0245. The van der Waals surface area contributed by atoms with Gasteiger partial charge in [0.25, 0.3) is 0 Å². The van der Waals surface area contributed by atoms with Gasteiger partial charge in [-0.15, -0.1) is 0 Å². The number of ether oxygens (including phenoxy) is 3. The minimum atomic E-state index is -0.270. The first-order chi connectivity index (χ1) is 15.4. The zero-order chi connectivity index (χ0) is 22.7. The summed E-state index contributed by atoms with van der Waals surface area (Å²) in [4.78, 5) is 12.5. The number of hydrogen-bond donors (Lipinski definition) is 1. The molecule has 0 saturated heterocycles. The maximum absolute atomic E-state index is 12.5. The number of methoxy groups -OCH3 is 1. The molecule has 6 heteroatoms. The molecular weight excluding hydrogens is 426 g/mol. The standard InChI is InChI=1S/C26H26ClNO4/c1-16(2)32-24-14-22-19(12-23(24)31-15-17-4-10-21(30-3)11-5-17)13-25(29)28-26(22)18-6-8-20(27)9-7-18/h4-12,14,16,26H,13,15H2,1-3H3,(H,28,29). The van der Waals surface area contributed by atoms with Crippen LogP contribution in [0.5, 0.6) is 17.2 Å². The van der Waals surface area contributed by atoms with E-state index in [1.165, 1.54) is 0 Å². The van der Waals surface area contributed by atoms with Crippen LogP contribution < -0.4 is 19.5 Å². The number of nitrogens with one attached hydrogen (secondary N) is 1. The summed E-state index contributed by atoms with van der Waals surface area (Å²) < 4.78 is 17.4. The SMILES string of the molecule is COc1ccc(COc2cc3c(cc2OC(C)C)C(c2ccc(Cl)cc2)NC(=O)C3)cc1. The van der Waals surface area contributed by atoms with E-state index in [-0.39, 0.29) is 18.1 Å². The van der Waals surface area contributed by atoms with Gasteiger partial charge in [0.15, 0.2) is 11.5 Å². The average Bonchev–Trinajstić information content (AvgIpc) is 2.78. The molecule has 0 aromatic heterocycles. The van der Waals surface area contributed by atoms with Gasteiger partial charge in [0, 0.05) is 5.02 Å². The van der Waals surface area contributed by atoms with Crippen LogP contribution in [-0.4, -0.2) is 19.1 Å². The molecule has 1 aliphatic rings. The number of amides is 1. The highest BCUT2D eigenvalue weighted by Crippen LogP contribution is 2.39. The molecule has 166 valence electrons. The second-order valence-electron chi connectivity index (χ2n) is 8.03. The summed E-state index contributed by atoms with van der Waals surface area (Å²) in [6.45, 7) is 4.33. The Morgan fingerprint density at radius 2 is 1.75 bits per heavy atom. The Balaban J connectivity index is 1.67. The molecule has 0 bridgehead atoms. The fourth-order valence-corrected chi connectivity index (χ4v) is 3.89. The molecule has 0 spiro atoms. The van der Waals surface area contributed by atoms with Crippen LogP contribution in [0.2, 0.25) is 5.02 Å². The lowest BCUT2D eigenvalue weighted by atomic mass is 9.89. The Morgan fingerprint density at radius 3 is 2.41 bits per heavy atom. The van der Waals surface area contributed by atoms with Crippen molar-refractivity contribution in [3.05, 3.63) is 87.9 Å².